The van der Waals surface area contributed by atoms with Gasteiger partial charge in [-0.05, 0) is 32.9 Å². The van der Waals surface area contributed by atoms with Crippen LogP contribution in [0.3, 0.4) is 0 Å². The molecule has 0 bridgehead atoms. The van der Waals surface area contributed by atoms with Crippen LogP contribution in [0.15, 0.2) is 0 Å². The fraction of sp³-hybridized carbons (Fsp3) is 1.00. The van der Waals surface area contributed by atoms with Gasteiger partial charge in [-0.25, -0.2) is 0 Å². The monoisotopic (exact) mass is 318 g/mol. The summed E-state index contributed by atoms with van der Waals surface area (Å²) in [5.74, 6) is 5.27. The van der Waals surface area contributed by atoms with Gasteiger partial charge in [0.25, 0.3) is 0 Å². The summed E-state index contributed by atoms with van der Waals surface area (Å²) >= 11 is 4.22. The van der Waals surface area contributed by atoms with Crippen LogP contribution in [-0.4, -0.2) is 47.7 Å². The summed E-state index contributed by atoms with van der Waals surface area (Å²) in [6.45, 7) is 4.75. The molecule has 0 radical (unpaired) electrons. The summed E-state index contributed by atoms with van der Waals surface area (Å²) in [5.41, 5.74) is 0.390. The zero-order valence-electron chi connectivity index (χ0n) is 10.4. The average Bonchev–Trinajstić information content (AvgIpc) is 2.47. The third-order valence-corrected chi connectivity index (χ3v) is 5.79. The first kappa shape index (κ1) is 18.2. The first-order chi connectivity index (χ1) is 7.29. The molecular formula is C11H24Cl2N2S2. The van der Waals surface area contributed by atoms with Gasteiger partial charge < -0.3 is 10.6 Å². The van der Waals surface area contributed by atoms with E-state index in [1.54, 1.807) is 0 Å². The van der Waals surface area contributed by atoms with E-state index in [0.717, 1.165) is 6.04 Å². The van der Waals surface area contributed by atoms with Gasteiger partial charge in [-0.1, -0.05) is 0 Å². The minimum atomic E-state index is 0. The van der Waals surface area contributed by atoms with Crippen LogP contribution in [0.25, 0.3) is 0 Å². The molecule has 0 amide bonds. The molecule has 104 valence electrons. The van der Waals surface area contributed by atoms with Crippen molar-refractivity contribution in [2.75, 3.05) is 36.1 Å². The van der Waals surface area contributed by atoms with E-state index in [9.17, 15) is 0 Å². The van der Waals surface area contributed by atoms with Gasteiger partial charge in [-0.2, -0.15) is 23.5 Å². The SMILES string of the molecule is CC1(NC2CSCCSC2)CCNCC1.Cl.Cl. The summed E-state index contributed by atoms with van der Waals surface area (Å²) in [7, 11) is 0. The summed E-state index contributed by atoms with van der Waals surface area (Å²) < 4.78 is 0. The number of piperidine rings is 1. The van der Waals surface area contributed by atoms with Crippen molar-refractivity contribution in [1.82, 2.24) is 10.6 Å². The van der Waals surface area contributed by atoms with Gasteiger partial charge in [0.1, 0.15) is 0 Å². The average molecular weight is 319 g/mol. The van der Waals surface area contributed by atoms with Crippen molar-refractivity contribution in [1.29, 1.82) is 0 Å². The lowest BCUT2D eigenvalue weighted by Gasteiger charge is -2.38. The number of halogens is 2. The van der Waals surface area contributed by atoms with Gasteiger partial charge in [0.05, 0.1) is 0 Å². The van der Waals surface area contributed by atoms with E-state index in [-0.39, 0.29) is 24.8 Å². The summed E-state index contributed by atoms with van der Waals surface area (Å²) in [6.07, 6.45) is 2.55. The van der Waals surface area contributed by atoms with Crippen LogP contribution in [0, 0.1) is 0 Å². The summed E-state index contributed by atoms with van der Waals surface area (Å²) in [4.78, 5) is 0. The second-order valence-electron chi connectivity index (χ2n) is 4.80. The molecule has 0 atom stereocenters. The van der Waals surface area contributed by atoms with Crippen molar-refractivity contribution in [2.45, 2.75) is 31.3 Å². The molecule has 0 saturated carbocycles. The third-order valence-electron chi connectivity index (χ3n) is 3.27. The Balaban J connectivity index is 0.00000128. The molecule has 2 heterocycles. The first-order valence-electron chi connectivity index (χ1n) is 5.92. The molecule has 2 rings (SSSR count). The van der Waals surface area contributed by atoms with Crippen molar-refractivity contribution < 1.29 is 0 Å². The molecule has 17 heavy (non-hydrogen) atoms. The zero-order valence-corrected chi connectivity index (χ0v) is 13.6. The van der Waals surface area contributed by atoms with Crippen LogP contribution < -0.4 is 10.6 Å². The second-order valence-corrected chi connectivity index (χ2v) is 7.10. The van der Waals surface area contributed by atoms with Crippen LogP contribution in [0.1, 0.15) is 19.8 Å². The van der Waals surface area contributed by atoms with Crippen LogP contribution in [0.4, 0.5) is 0 Å². The maximum absolute atomic E-state index is 3.89. The molecule has 0 unspecified atom stereocenters. The Hall–Kier alpha value is 1.20. The highest BCUT2D eigenvalue weighted by atomic mass is 35.5. The van der Waals surface area contributed by atoms with Crippen LogP contribution in [-0.2, 0) is 0 Å². The Labute approximate surface area is 126 Å². The maximum Gasteiger partial charge on any atom is 0.0253 e. The second kappa shape index (κ2) is 9.16. The molecule has 2 nitrogen and oxygen atoms in total. The lowest BCUT2D eigenvalue weighted by Crippen LogP contribution is -2.55. The highest BCUT2D eigenvalue weighted by Crippen LogP contribution is 2.22. The van der Waals surface area contributed by atoms with E-state index < -0.39 is 0 Å². The predicted octanol–water partition coefficient (Wildman–Crippen LogP) is 2.41. The van der Waals surface area contributed by atoms with E-state index >= 15 is 0 Å². The quantitative estimate of drug-likeness (QED) is 0.816. The third kappa shape index (κ3) is 6.26. The van der Waals surface area contributed by atoms with Crippen LogP contribution >= 0.6 is 48.3 Å². The number of nitrogens with one attached hydrogen (secondary N) is 2. The molecule has 0 aromatic rings. The van der Waals surface area contributed by atoms with E-state index in [1.807, 2.05) is 0 Å². The van der Waals surface area contributed by atoms with Gasteiger partial charge >= 0.3 is 0 Å². The van der Waals surface area contributed by atoms with E-state index in [4.69, 9.17) is 0 Å². The van der Waals surface area contributed by atoms with Crippen molar-refractivity contribution in [2.24, 2.45) is 0 Å². The Morgan fingerprint density at radius 3 is 2.12 bits per heavy atom. The molecule has 0 spiro atoms. The minimum Gasteiger partial charge on any atom is -0.317 e. The molecule has 2 aliphatic rings. The normalized spacial score (nSPS) is 25.2. The molecule has 2 N–H and O–H groups in total. The lowest BCUT2D eigenvalue weighted by molar-refractivity contribution is 0.252. The fourth-order valence-electron chi connectivity index (χ4n) is 2.32. The van der Waals surface area contributed by atoms with Gasteiger partial charge in [-0.3, -0.25) is 0 Å². The van der Waals surface area contributed by atoms with Crippen molar-refractivity contribution >= 4 is 48.3 Å². The molecular weight excluding hydrogens is 295 g/mol. The zero-order chi connectivity index (χ0) is 10.6. The van der Waals surface area contributed by atoms with Gasteiger partial charge in [0.2, 0.25) is 0 Å². The first-order valence-corrected chi connectivity index (χ1v) is 8.23. The smallest absolute Gasteiger partial charge is 0.0253 e. The minimum absolute atomic E-state index is 0. The van der Waals surface area contributed by atoms with Gasteiger partial charge in [-0.15, -0.1) is 24.8 Å². The number of thioether (sulfide) groups is 2. The molecule has 2 fully saturated rings. The number of hydrogen-bond acceptors (Lipinski definition) is 4. The van der Waals surface area contributed by atoms with Crippen molar-refractivity contribution in [3.05, 3.63) is 0 Å². The Morgan fingerprint density at radius 1 is 1.06 bits per heavy atom. The van der Waals surface area contributed by atoms with Crippen molar-refractivity contribution in [3.8, 4) is 0 Å². The topological polar surface area (TPSA) is 24.1 Å². The molecule has 2 saturated heterocycles. The Kier molecular flexibility index (Phi) is 9.81. The van der Waals surface area contributed by atoms with Crippen LogP contribution in [0.2, 0.25) is 0 Å². The largest absolute Gasteiger partial charge is 0.317 e. The summed E-state index contributed by atoms with van der Waals surface area (Å²) in [5, 5.41) is 7.33. The summed E-state index contributed by atoms with van der Waals surface area (Å²) in [6, 6.07) is 0.727. The molecule has 0 aromatic heterocycles. The number of hydrogen-bond donors (Lipinski definition) is 2. The van der Waals surface area contributed by atoms with Crippen molar-refractivity contribution in [3.63, 3.8) is 0 Å². The number of rotatable bonds is 2. The predicted molar refractivity (Wildman–Crippen MR) is 86.6 cm³/mol. The van der Waals surface area contributed by atoms with E-state index in [2.05, 4.69) is 41.1 Å². The van der Waals surface area contributed by atoms with E-state index in [0.29, 0.717) is 5.54 Å². The standard InChI is InChI=1S/C11H22N2S2.2ClH/c1-11(2-4-12-5-3-11)13-10-8-14-6-7-15-9-10;;/h10,12-13H,2-9H2,1H3;2*1H. The Bertz CT molecular complexity index is 194. The molecule has 6 heteroatoms. The van der Waals surface area contributed by atoms with Gasteiger partial charge in [0.15, 0.2) is 0 Å². The molecule has 0 aromatic carbocycles. The highest BCUT2D eigenvalue weighted by molar-refractivity contribution is 8.03. The fourth-order valence-corrected chi connectivity index (χ4v) is 4.71. The molecule has 2 aliphatic heterocycles. The van der Waals surface area contributed by atoms with Crippen LogP contribution in [0.5, 0.6) is 0 Å². The maximum atomic E-state index is 3.89. The molecule has 0 aliphatic carbocycles. The van der Waals surface area contributed by atoms with E-state index in [1.165, 1.54) is 48.9 Å². The lowest BCUT2D eigenvalue weighted by atomic mass is 9.90. The van der Waals surface area contributed by atoms with Gasteiger partial charge in [0, 0.05) is 34.6 Å². The highest BCUT2D eigenvalue weighted by Gasteiger charge is 2.29. The Morgan fingerprint density at radius 2 is 1.59 bits per heavy atom.